The molecule has 5 amide bonds. The summed E-state index contributed by atoms with van der Waals surface area (Å²) in [6.07, 6.45) is 1.90. The molecule has 0 radical (unpaired) electrons. The Labute approximate surface area is 337 Å². The van der Waals surface area contributed by atoms with E-state index in [1.165, 1.54) is 0 Å². The first-order chi connectivity index (χ1) is 26.6. The van der Waals surface area contributed by atoms with Crippen molar-refractivity contribution in [2.24, 2.45) is 5.92 Å². The van der Waals surface area contributed by atoms with Crippen LogP contribution in [0, 0.1) is 5.92 Å². The van der Waals surface area contributed by atoms with Gasteiger partial charge in [-0.1, -0.05) is 57.9 Å². The van der Waals surface area contributed by atoms with Crippen LogP contribution in [0.1, 0.15) is 112 Å². The second-order valence-electron chi connectivity index (χ2n) is 17.3. The Hall–Kier alpha value is -4.98. The van der Waals surface area contributed by atoms with Crippen LogP contribution in [0.4, 0.5) is 21.0 Å². The fourth-order valence-electron chi connectivity index (χ4n) is 5.85. The lowest BCUT2D eigenvalue weighted by Gasteiger charge is -2.27. The Morgan fingerprint density at radius 1 is 0.684 bits per heavy atom. The zero-order valence-electron chi connectivity index (χ0n) is 35.3. The zero-order valence-corrected chi connectivity index (χ0v) is 35.3. The van der Waals surface area contributed by atoms with E-state index in [4.69, 9.17) is 14.2 Å². The number of nitrogens with one attached hydrogen (secondary N) is 5. The average Bonchev–Trinajstić information content (AvgIpc) is 3.85. The normalized spacial score (nSPS) is 16.7. The maximum absolute atomic E-state index is 14.2. The maximum Gasteiger partial charge on any atom is 0.412 e. The molecule has 0 unspecified atom stereocenters. The van der Waals surface area contributed by atoms with Crippen molar-refractivity contribution in [2.45, 2.75) is 149 Å². The van der Waals surface area contributed by atoms with Gasteiger partial charge in [-0.25, -0.2) is 9.59 Å². The summed E-state index contributed by atoms with van der Waals surface area (Å²) in [4.78, 5) is 79.5. The SMILES string of the molecule is CCCCCC(=O)N[C@H](Cc1ccc(NC(=O)OC(C)(C)C)cc1)C(=O)N[C@@H](Cc1ccc(NC(=O)OC(C)(C)C)cc1)C(=O)N[C@@H](CC(C)C)C(=O)[C@@]1(C)CO1. The van der Waals surface area contributed by atoms with E-state index >= 15 is 0 Å². The molecule has 1 aliphatic rings. The monoisotopic (exact) mass is 793 g/mol. The fourth-order valence-corrected chi connectivity index (χ4v) is 5.85. The number of ether oxygens (including phenoxy) is 3. The first-order valence-electron chi connectivity index (χ1n) is 19.8. The summed E-state index contributed by atoms with van der Waals surface area (Å²) in [7, 11) is 0. The fraction of sp³-hybridized carbons (Fsp3) is 0.581. The van der Waals surface area contributed by atoms with E-state index < -0.39 is 58.9 Å². The van der Waals surface area contributed by atoms with Crippen LogP contribution in [-0.2, 0) is 46.2 Å². The van der Waals surface area contributed by atoms with Crippen molar-refractivity contribution >= 4 is 47.1 Å². The smallest absolute Gasteiger partial charge is 0.412 e. The van der Waals surface area contributed by atoms with Gasteiger partial charge in [-0.3, -0.25) is 29.8 Å². The molecule has 1 fully saturated rings. The van der Waals surface area contributed by atoms with Gasteiger partial charge in [0.05, 0.1) is 12.6 Å². The Morgan fingerprint density at radius 2 is 1.11 bits per heavy atom. The van der Waals surface area contributed by atoms with Crippen LogP contribution >= 0.6 is 0 Å². The number of unbranched alkanes of at least 4 members (excludes halogenated alkanes) is 2. The Balaban J connectivity index is 1.89. The number of epoxide rings is 1. The summed E-state index contributed by atoms with van der Waals surface area (Å²) in [6.45, 7) is 18.5. The van der Waals surface area contributed by atoms with Gasteiger partial charge in [-0.15, -0.1) is 0 Å². The van der Waals surface area contributed by atoms with Crippen molar-refractivity contribution in [2.75, 3.05) is 17.2 Å². The number of rotatable bonds is 19. The topological polar surface area (TPSA) is 194 Å². The summed E-state index contributed by atoms with van der Waals surface area (Å²) in [5.41, 5.74) is -0.0417. The number of hydrogen-bond acceptors (Lipinski definition) is 9. The van der Waals surface area contributed by atoms with Crippen LogP contribution in [0.5, 0.6) is 0 Å². The van der Waals surface area contributed by atoms with Gasteiger partial charge in [0, 0.05) is 30.6 Å². The predicted octanol–water partition coefficient (Wildman–Crippen LogP) is 6.60. The van der Waals surface area contributed by atoms with Gasteiger partial charge in [0.1, 0.15) is 28.9 Å². The molecule has 314 valence electrons. The number of carbonyl (C=O) groups is 6. The number of anilines is 2. The van der Waals surface area contributed by atoms with Gasteiger partial charge < -0.3 is 30.2 Å². The van der Waals surface area contributed by atoms with E-state index in [0.29, 0.717) is 35.3 Å². The zero-order chi connectivity index (χ0) is 42.6. The Morgan fingerprint density at radius 3 is 1.49 bits per heavy atom. The third-order valence-electron chi connectivity index (χ3n) is 8.81. The molecule has 0 bridgehead atoms. The second-order valence-corrected chi connectivity index (χ2v) is 17.3. The molecule has 57 heavy (non-hydrogen) atoms. The van der Waals surface area contributed by atoms with Crippen LogP contribution in [-0.4, -0.2) is 77.2 Å². The molecule has 2 aromatic carbocycles. The number of Topliss-reactive ketones (excluding diaryl/α,β-unsaturated/α-hetero) is 1. The molecule has 0 saturated carbocycles. The largest absolute Gasteiger partial charge is 0.444 e. The summed E-state index contributed by atoms with van der Waals surface area (Å²) in [6, 6.07) is 10.5. The molecule has 14 nitrogen and oxygen atoms in total. The average molecular weight is 794 g/mol. The highest BCUT2D eigenvalue weighted by atomic mass is 16.6. The minimum atomic E-state index is -1.16. The van der Waals surface area contributed by atoms with E-state index in [9.17, 15) is 28.8 Å². The maximum atomic E-state index is 14.2. The van der Waals surface area contributed by atoms with E-state index in [1.54, 1.807) is 97.0 Å². The standard InChI is InChI=1S/C43H63N5O9/c1-11-12-13-14-35(49)46-33(24-28-15-19-30(20-16-28)44-39(53)56-41(4,5)6)37(51)48-34(38(52)47-32(23-27(2)3)36(50)43(10)26-55-43)25-29-17-21-31(22-18-29)45-40(54)57-42(7,8)9/h15-22,27,32-34H,11-14,23-26H2,1-10H3,(H,44,53)(H,45,54)(H,46,49)(H,47,52)(H,48,51)/t32-,33+,34-,43+/m0/s1. The van der Waals surface area contributed by atoms with E-state index in [1.807, 2.05) is 20.8 Å². The molecule has 4 atom stereocenters. The molecule has 3 rings (SSSR count). The van der Waals surface area contributed by atoms with Gasteiger partial charge in [0.2, 0.25) is 17.7 Å². The lowest BCUT2D eigenvalue weighted by molar-refractivity contribution is -0.134. The minimum Gasteiger partial charge on any atom is -0.444 e. The molecular formula is C43H63N5O9. The van der Waals surface area contributed by atoms with Crippen LogP contribution in [0.25, 0.3) is 0 Å². The van der Waals surface area contributed by atoms with Crippen LogP contribution in [0.2, 0.25) is 0 Å². The molecule has 1 aliphatic heterocycles. The predicted molar refractivity (Wildman–Crippen MR) is 219 cm³/mol. The molecule has 1 heterocycles. The second kappa shape index (κ2) is 20.4. The molecule has 1 saturated heterocycles. The molecule has 0 aromatic heterocycles. The first kappa shape index (κ1) is 46.4. The highest BCUT2D eigenvalue weighted by molar-refractivity contribution is 5.98. The van der Waals surface area contributed by atoms with Crippen molar-refractivity contribution in [3.63, 3.8) is 0 Å². The minimum absolute atomic E-state index is 0.0306. The third kappa shape index (κ3) is 17.0. The molecule has 14 heteroatoms. The quantitative estimate of drug-likeness (QED) is 0.0769. The summed E-state index contributed by atoms with van der Waals surface area (Å²) >= 11 is 0. The lowest BCUT2D eigenvalue weighted by Crippen LogP contribution is -2.57. The molecule has 0 aliphatic carbocycles. The molecule has 2 aromatic rings. The van der Waals surface area contributed by atoms with Crippen LogP contribution in [0.3, 0.4) is 0 Å². The van der Waals surface area contributed by atoms with Gasteiger partial charge in [0.15, 0.2) is 5.78 Å². The van der Waals surface area contributed by atoms with Crippen molar-refractivity contribution in [1.82, 2.24) is 16.0 Å². The van der Waals surface area contributed by atoms with Gasteiger partial charge in [0.25, 0.3) is 0 Å². The first-order valence-corrected chi connectivity index (χ1v) is 19.8. The molecule has 5 N–H and O–H groups in total. The molecular weight excluding hydrogens is 730 g/mol. The van der Waals surface area contributed by atoms with E-state index in [2.05, 4.69) is 26.6 Å². The molecule has 0 spiro atoms. The van der Waals surface area contributed by atoms with Gasteiger partial charge in [-0.05, 0) is 103 Å². The number of carbonyl (C=O) groups excluding carboxylic acids is 6. The van der Waals surface area contributed by atoms with Crippen LogP contribution < -0.4 is 26.6 Å². The summed E-state index contributed by atoms with van der Waals surface area (Å²) in [5, 5.41) is 14.0. The van der Waals surface area contributed by atoms with E-state index in [-0.39, 0.29) is 43.5 Å². The van der Waals surface area contributed by atoms with E-state index in [0.717, 1.165) is 12.8 Å². The highest BCUT2D eigenvalue weighted by Gasteiger charge is 2.50. The number of hydrogen-bond donors (Lipinski definition) is 5. The van der Waals surface area contributed by atoms with Crippen LogP contribution in [0.15, 0.2) is 48.5 Å². The Kier molecular flexibility index (Phi) is 16.6. The number of ketones is 1. The van der Waals surface area contributed by atoms with Gasteiger partial charge in [-0.2, -0.15) is 0 Å². The Bertz CT molecular complexity index is 1690. The van der Waals surface area contributed by atoms with Gasteiger partial charge >= 0.3 is 12.2 Å². The highest BCUT2D eigenvalue weighted by Crippen LogP contribution is 2.30. The lowest BCUT2D eigenvalue weighted by atomic mass is 9.93. The summed E-state index contributed by atoms with van der Waals surface area (Å²) < 4.78 is 16.1. The van der Waals surface area contributed by atoms with Crippen molar-refractivity contribution in [1.29, 1.82) is 0 Å². The number of benzene rings is 2. The van der Waals surface area contributed by atoms with Crippen molar-refractivity contribution in [3.05, 3.63) is 59.7 Å². The van der Waals surface area contributed by atoms with Crippen molar-refractivity contribution in [3.8, 4) is 0 Å². The third-order valence-corrected chi connectivity index (χ3v) is 8.81. The van der Waals surface area contributed by atoms with Crippen molar-refractivity contribution < 1.29 is 43.0 Å². The summed E-state index contributed by atoms with van der Waals surface area (Å²) in [5.74, 6) is -1.65. The number of amides is 5.